The lowest BCUT2D eigenvalue weighted by molar-refractivity contribution is -0.141. The molecule has 0 saturated heterocycles. The third-order valence-electron chi connectivity index (χ3n) is 6.35. The van der Waals surface area contributed by atoms with Gasteiger partial charge in [0, 0.05) is 18.7 Å². The molecule has 0 radical (unpaired) electrons. The molecule has 0 bridgehead atoms. The van der Waals surface area contributed by atoms with E-state index in [0.29, 0.717) is 17.7 Å². The lowest BCUT2D eigenvalue weighted by Crippen LogP contribution is -2.53. The first-order valence-corrected chi connectivity index (χ1v) is 13.8. The molecule has 0 spiro atoms. The summed E-state index contributed by atoms with van der Waals surface area (Å²) in [5, 5.41) is 5.67. The normalized spacial score (nSPS) is 12.7. The molecular formula is C31H44N4O5. The van der Waals surface area contributed by atoms with Crippen LogP contribution < -0.4 is 16.4 Å². The van der Waals surface area contributed by atoms with Crippen molar-refractivity contribution >= 4 is 29.5 Å². The predicted octanol–water partition coefficient (Wildman–Crippen LogP) is 5.08. The van der Waals surface area contributed by atoms with Gasteiger partial charge in [0.1, 0.15) is 17.7 Å². The van der Waals surface area contributed by atoms with E-state index in [1.807, 2.05) is 70.2 Å². The number of rotatable bonds is 12. The van der Waals surface area contributed by atoms with Crippen LogP contribution in [0.2, 0.25) is 0 Å². The molecule has 4 N–H and O–H groups in total. The second-order valence-corrected chi connectivity index (χ2v) is 11.2. The smallest absolute Gasteiger partial charge is 0.408 e. The van der Waals surface area contributed by atoms with Gasteiger partial charge in [-0.1, -0.05) is 61.4 Å². The van der Waals surface area contributed by atoms with Gasteiger partial charge in [0.05, 0.1) is 0 Å². The van der Waals surface area contributed by atoms with Crippen molar-refractivity contribution in [2.75, 3.05) is 11.9 Å². The molecule has 0 heterocycles. The third-order valence-corrected chi connectivity index (χ3v) is 6.35. The SMILES string of the molecule is CCCCN(C(=O)C(CCC(N)=O)NC(=O)OC(C)(C)C)C(C(=O)Nc1c(C)cccc1C)c1cccc(C)c1. The molecule has 0 saturated carbocycles. The summed E-state index contributed by atoms with van der Waals surface area (Å²) in [4.78, 5) is 54.0. The summed E-state index contributed by atoms with van der Waals surface area (Å²) in [7, 11) is 0. The highest BCUT2D eigenvalue weighted by molar-refractivity contribution is 6.00. The van der Waals surface area contributed by atoms with E-state index in [0.717, 1.165) is 23.1 Å². The fourth-order valence-corrected chi connectivity index (χ4v) is 4.41. The molecule has 218 valence electrons. The van der Waals surface area contributed by atoms with E-state index in [4.69, 9.17) is 10.5 Å². The van der Waals surface area contributed by atoms with Crippen molar-refractivity contribution in [2.24, 2.45) is 5.73 Å². The molecule has 9 heteroatoms. The lowest BCUT2D eigenvalue weighted by atomic mass is 9.99. The molecule has 40 heavy (non-hydrogen) atoms. The van der Waals surface area contributed by atoms with Gasteiger partial charge in [-0.05, 0) is 71.1 Å². The quantitative estimate of drug-likeness (QED) is 0.338. The molecule has 0 aliphatic rings. The number of primary amides is 1. The number of nitrogens with two attached hydrogens (primary N) is 1. The van der Waals surface area contributed by atoms with Crippen LogP contribution in [0, 0.1) is 20.8 Å². The van der Waals surface area contributed by atoms with Crippen LogP contribution in [0.5, 0.6) is 0 Å². The van der Waals surface area contributed by atoms with E-state index >= 15 is 0 Å². The molecular weight excluding hydrogens is 508 g/mol. The average molecular weight is 553 g/mol. The zero-order valence-corrected chi connectivity index (χ0v) is 24.8. The number of amides is 4. The highest BCUT2D eigenvalue weighted by atomic mass is 16.6. The largest absolute Gasteiger partial charge is 0.444 e. The van der Waals surface area contributed by atoms with Crippen LogP contribution in [0.15, 0.2) is 42.5 Å². The predicted molar refractivity (Wildman–Crippen MR) is 157 cm³/mol. The van der Waals surface area contributed by atoms with E-state index in [-0.39, 0.29) is 25.3 Å². The minimum absolute atomic E-state index is 0.0326. The Balaban J connectivity index is 2.57. The van der Waals surface area contributed by atoms with Crippen molar-refractivity contribution in [3.05, 3.63) is 64.7 Å². The second kappa shape index (κ2) is 14.5. The molecule has 0 fully saturated rings. The maximum atomic E-state index is 14.2. The Hall–Kier alpha value is -3.88. The van der Waals surface area contributed by atoms with Gasteiger partial charge in [-0.15, -0.1) is 0 Å². The van der Waals surface area contributed by atoms with Gasteiger partial charge in [-0.2, -0.15) is 0 Å². The summed E-state index contributed by atoms with van der Waals surface area (Å²) in [5.74, 6) is -1.48. The Morgan fingerprint density at radius 1 is 1.00 bits per heavy atom. The summed E-state index contributed by atoms with van der Waals surface area (Å²) >= 11 is 0. The number of alkyl carbamates (subject to hydrolysis) is 1. The number of hydrogen-bond donors (Lipinski definition) is 3. The summed E-state index contributed by atoms with van der Waals surface area (Å²) in [6.07, 6.45) is 0.443. The number of nitrogens with one attached hydrogen (secondary N) is 2. The molecule has 4 amide bonds. The van der Waals surface area contributed by atoms with Crippen LogP contribution in [0.4, 0.5) is 10.5 Å². The number of carbonyl (C=O) groups excluding carboxylic acids is 4. The van der Waals surface area contributed by atoms with Crippen LogP contribution in [0.1, 0.15) is 81.7 Å². The summed E-state index contributed by atoms with van der Waals surface area (Å²) in [5.41, 5.74) is 8.64. The van der Waals surface area contributed by atoms with Gasteiger partial charge >= 0.3 is 6.09 Å². The number of unbranched alkanes of at least 4 members (excludes halogenated alkanes) is 1. The number of para-hydroxylation sites is 1. The third kappa shape index (κ3) is 9.70. The van der Waals surface area contributed by atoms with Crippen LogP contribution in [-0.2, 0) is 19.1 Å². The van der Waals surface area contributed by atoms with Gasteiger partial charge < -0.3 is 26.0 Å². The molecule has 0 aliphatic carbocycles. The fourth-order valence-electron chi connectivity index (χ4n) is 4.41. The average Bonchev–Trinajstić information content (AvgIpc) is 2.84. The number of hydrogen-bond acceptors (Lipinski definition) is 5. The molecule has 0 aliphatic heterocycles. The molecule has 0 aromatic heterocycles. The lowest BCUT2D eigenvalue weighted by Gasteiger charge is -2.35. The number of ether oxygens (including phenoxy) is 1. The Morgan fingerprint density at radius 2 is 1.62 bits per heavy atom. The minimum Gasteiger partial charge on any atom is -0.444 e. The Kier molecular flexibility index (Phi) is 11.7. The van der Waals surface area contributed by atoms with Crippen molar-refractivity contribution in [3.63, 3.8) is 0 Å². The number of carbonyl (C=O) groups is 4. The maximum Gasteiger partial charge on any atom is 0.408 e. The van der Waals surface area contributed by atoms with E-state index in [1.54, 1.807) is 20.8 Å². The van der Waals surface area contributed by atoms with E-state index < -0.39 is 35.6 Å². The standard InChI is InChI=1S/C31H44N4O5/c1-8-9-18-35(29(38)24(16-17-25(32)36)33-30(39)40-31(5,6)7)27(23-15-10-12-20(2)19-23)28(37)34-26-21(3)13-11-14-22(26)4/h10-15,19,24,27H,8-9,16-18H2,1-7H3,(H2,32,36)(H,33,39)(H,34,37). The van der Waals surface area contributed by atoms with Gasteiger partial charge in [0.2, 0.25) is 11.8 Å². The first-order chi connectivity index (χ1) is 18.7. The highest BCUT2D eigenvalue weighted by Gasteiger charge is 2.36. The monoisotopic (exact) mass is 552 g/mol. The fraction of sp³-hybridized carbons (Fsp3) is 0.484. The Morgan fingerprint density at radius 3 is 2.17 bits per heavy atom. The van der Waals surface area contributed by atoms with E-state index in [9.17, 15) is 19.2 Å². The molecule has 2 atom stereocenters. The number of benzene rings is 2. The summed E-state index contributed by atoms with van der Waals surface area (Å²) in [6.45, 7) is 13.1. The van der Waals surface area contributed by atoms with Crippen LogP contribution in [0.25, 0.3) is 0 Å². The number of anilines is 1. The summed E-state index contributed by atoms with van der Waals surface area (Å²) < 4.78 is 5.38. The minimum atomic E-state index is -1.13. The second-order valence-electron chi connectivity index (χ2n) is 11.2. The van der Waals surface area contributed by atoms with Crippen molar-refractivity contribution < 1.29 is 23.9 Å². The van der Waals surface area contributed by atoms with Crippen LogP contribution >= 0.6 is 0 Å². The van der Waals surface area contributed by atoms with Crippen molar-refractivity contribution in [1.29, 1.82) is 0 Å². The van der Waals surface area contributed by atoms with Crippen molar-refractivity contribution in [1.82, 2.24) is 10.2 Å². The molecule has 2 aromatic carbocycles. The van der Waals surface area contributed by atoms with Gasteiger partial charge in [0.25, 0.3) is 5.91 Å². The molecule has 2 unspecified atom stereocenters. The number of nitrogens with zero attached hydrogens (tertiary/aromatic N) is 1. The first kappa shape index (κ1) is 32.3. The van der Waals surface area contributed by atoms with Gasteiger partial charge in [-0.3, -0.25) is 14.4 Å². The molecule has 2 rings (SSSR count). The highest BCUT2D eigenvalue weighted by Crippen LogP contribution is 2.28. The van der Waals surface area contributed by atoms with Crippen molar-refractivity contribution in [3.8, 4) is 0 Å². The Bertz CT molecular complexity index is 1180. The van der Waals surface area contributed by atoms with Crippen molar-refractivity contribution in [2.45, 2.75) is 91.8 Å². The maximum absolute atomic E-state index is 14.2. The first-order valence-electron chi connectivity index (χ1n) is 13.8. The zero-order valence-electron chi connectivity index (χ0n) is 24.8. The van der Waals surface area contributed by atoms with E-state index in [1.165, 1.54) is 4.90 Å². The Labute approximate surface area is 237 Å². The number of aryl methyl sites for hydroxylation is 3. The zero-order chi connectivity index (χ0) is 30.0. The van der Waals surface area contributed by atoms with Gasteiger partial charge in [-0.25, -0.2) is 4.79 Å². The van der Waals surface area contributed by atoms with Crippen LogP contribution in [-0.4, -0.2) is 46.9 Å². The van der Waals surface area contributed by atoms with E-state index in [2.05, 4.69) is 10.6 Å². The molecule has 2 aromatic rings. The van der Waals surface area contributed by atoms with Crippen LogP contribution in [0.3, 0.4) is 0 Å². The topological polar surface area (TPSA) is 131 Å². The summed E-state index contributed by atoms with van der Waals surface area (Å²) in [6, 6.07) is 11.1. The molecule has 9 nitrogen and oxygen atoms in total. The van der Waals surface area contributed by atoms with Gasteiger partial charge in [0.15, 0.2) is 0 Å².